The summed E-state index contributed by atoms with van der Waals surface area (Å²) < 4.78 is 5.33. The molecule has 190 valence electrons. The van der Waals surface area contributed by atoms with Crippen molar-refractivity contribution in [3.8, 4) is 33.4 Å². The van der Waals surface area contributed by atoms with Crippen molar-refractivity contribution >= 4 is 5.97 Å². The van der Waals surface area contributed by atoms with Crippen LogP contribution in [0.3, 0.4) is 0 Å². The van der Waals surface area contributed by atoms with E-state index in [9.17, 15) is 4.79 Å². The van der Waals surface area contributed by atoms with Crippen molar-refractivity contribution in [3.05, 3.63) is 119 Å². The largest absolute Gasteiger partial charge is 0.462 e. The van der Waals surface area contributed by atoms with Crippen molar-refractivity contribution in [2.45, 2.75) is 51.9 Å². The molecule has 0 bridgehead atoms. The second-order valence-electron chi connectivity index (χ2n) is 11.9. The second kappa shape index (κ2) is 8.56. The first-order valence-electron chi connectivity index (χ1n) is 13.4. The van der Waals surface area contributed by atoms with E-state index in [1.54, 1.807) is 6.92 Å². The van der Waals surface area contributed by atoms with Gasteiger partial charge in [0, 0.05) is 22.8 Å². The van der Waals surface area contributed by atoms with Crippen molar-refractivity contribution in [2.75, 3.05) is 6.61 Å². The molecule has 4 aromatic rings. The lowest BCUT2D eigenvalue weighted by Crippen LogP contribution is -2.16. The Morgan fingerprint density at radius 2 is 1.18 bits per heavy atom. The van der Waals surface area contributed by atoms with E-state index in [0.29, 0.717) is 18.6 Å². The van der Waals surface area contributed by atoms with Gasteiger partial charge in [0.15, 0.2) is 0 Å². The molecule has 0 aliphatic heterocycles. The van der Waals surface area contributed by atoms with Crippen LogP contribution in [0.15, 0.2) is 91.0 Å². The van der Waals surface area contributed by atoms with Gasteiger partial charge in [0.2, 0.25) is 0 Å². The maximum absolute atomic E-state index is 11.8. The lowest BCUT2D eigenvalue weighted by Gasteiger charge is -2.23. The molecule has 0 spiro atoms. The van der Waals surface area contributed by atoms with Gasteiger partial charge in [-0.2, -0.15) is 0 Å². The molecule has 0 N–H and O–H groups in total. The lowest BCUT2D eigenvalue weighted by atomic mass is 9.80. The van der Waals surface area contributed by atoms with Crippen molar-refractivity contribution in [3.63, 3.8) is 0 Å². The number of hydrogen-bond donors (Lipinski definition) is 0. The van der Waals surface area contributed by atoms with Crippen LogP contribution in [0, 0.1) is 0 Å². The molecule has 0 unspecified atom stereocenters. The van der Waals surface area contributed by atoms with Gasteiger partial charge in [0.1, 0.15) is 0 Å². The summed E-state index contributed by atoms with van der Waals surface area (Å²) in [6.45, 7) is 15.0. The summed E-state index contributed by atoms with van der Waals surface area (Å²) in [6.07, 6.45) is 0.692. The average Bonchev–Trinajstić information content (AvgIpc) is 3.27. The van der Waals surface area contributed by atoms with Gasteiger partial charge < -0.3 is 4.74 Å². The molecular formula is C36H34O2. The van der Waals surface area contributed by atoms with Crippen LogP contribution in [0.2, 0.25) is 0 Å². The Morgan fingerprint density at radius 3 is 1.79 bits per heavy atom. The highest BCUT2D eigenvalue weighted by Gasteiger charge is 2.37. The second-order valence-corrected chi connectivity index (χ2v) is 11.9. The quantitative estimate of drug-likeness (QED) is 0.203. The molecule has 0 amide bonds. The molecule has 38 heavy (non-hydrogen) atoms. The summed E-state index contributed by atoms with van der Waals surface area (Å²) in [5.74, 6) is -0.328. The van der Waals surface area contributed by atoms with Gasteiger partial charge in [0.05, 0.1) is 6.61 Å². The van der Waals surface area contributed by atoms with Crippen LogP contribution < -0.4 is 0 Å². The predicted octanol–water partition coefficient (Wildman–Crippen LogP) is 8.63. The Labute approximate surface area is 226 Å². The van der Waals surface area contributed by atoms with E-state index in [2.05, 4.69) is 113 Å². The van der Waals surface area contributed by atoms with Gasteiger partial charge in [-0.05, 0) is 80.3 Å². The van der Waals surface area contributed by atoms with Gasteiger partial charge in [-0.15, -0.1) is 0 Å². The van der Waals surface area contributed by atoms with E-state index in [0.717, 1.165) is 0 Å². The Balaban J connectivity index is 1.32. The summed E-state index contributed by atoms with van der Waals surface area (Å²) in [6, 6.07) is 29.4. The lowest BCUT2D eigenvalue weighted by molar-refractivity contribution is -0.138. The van der Waals surface area contributed by atoms with Crippen LogP contribution >= 0.6 is 0 Å². The molecule has 2 aliphatic carbocycles. The van der Waals surface area contributed by atoms with E-state index in [1.807, 2.05) is 0 Å². The normalized spacial score (nSPS) is 15.3. The van der Waals surface area contributed by atoms with E-state index < -0.39 is 0 Å². The van der Waals surface area contributed by atoms with Crippen LogP contribution in [-0.4, -0.2) is 12.6 Å². The smallest absolute Gasteiger partial charge is 0.333 e. The molecule has 2 nitrogen and oxygen atoms in total. The molecule has 0 heterocycles. The topological polar surface area (TPSA) is 26.3 Å². The zero-order valence-corrected chi connectivity index (χ0v) is 22.9. The van der Waals surface area contributed by atoms with Gasteiger partial charge in [-0.3, -0.25) is 0 Å². The monoisotopic (exact) mass is 498 g/mol. The minimum absolute atomic E-state index is 0.0106. The van der Waals surface area contributed by atoms with E-state index in [-0.39, 0.29) is 16.8 Å². The standard InChI is InChI=1S/C36H34O2/c1-22(2)34(37)38-18-17-23-11-14-27-29-16-13-25(21-33(29)36(5,6)31(27)19-23)24-12-15-28-26-9-7-8-10-30(26)35(3,4)32(28)20-24/h7-16,19-21H,1,17-18H2,2-6H3. The first-order chi connectivity index (χ1) is 18.1. The Hall–Kier alpha value is -3.91. The summed E-state index contributed by atoms with van der Waals surface area (Å²) in [4.78, 5) is 11.8. The number of carbonyl (C=O) groups is 1. The van der Waals surface area contributed by atoms with Crippen molar-refractivity contribution in [1.29, 1.82) is 0 Å². The molecular weight excluding hydrogens is 464 g/mol. The highest BCUT2D eigenvalue weighted by atomic mass is 16.5. The van der Waals surface area contributed by atoms with Crippen LogP contribution in [-0.2, 0) is 26.8 Å². The third-order valence-corrected chi connectivity index (χ3v) is 8.63. The SMILES string of the molecule is C=C(C)C(=O)OCCc1ccc2c(c1)C(C)(C)c1cc(-c3ccc4c(c3)C(C)(C)c3ccccc3-4)ccc1-2. The van der Waals surface area contributed by atoms with Crippen LogP contribution in [0.1, 0.15) is 62.4 Å². The van der Waals surface area contributed by atoms with Gasteiger partial charge in [-0.25, -0.2) is 4.79 Å². The number of fused-ring (bicyclic) bond motifs is 6. The van der Waals surface area contributed by atoms with Gasteiger partial charge in [-0.1, -0.05) is 101 Å². The molecule has 0 saturated heterocycles. The third-order valence-electron chi connectivity index (χ3n) is 8.63. The zero-order chi connectivity index (χ0) is 26.8. The van der Waals surface area contributed by atoms with Crippen LogP contribution in [0.5, 0.6) is 0 Å². The summed E-state index contributed by atoms with van der Waals surface area (Å²) in [5, 5.41) is 0. The third kappa shape index (κ3) is 3.66. The van der Waals surface area contributed by atoms with E-state index in [4.69, 9.17) is 4.74 Å². The Kier molecular flexibility index (Phi) is 5.50. The average molecular weight is 499 g/mol. The zero-order valence-electron chi connectivity index (χ0n) is 22.9. The van der Waals surface area contributed by atoms with Crippen molar-refractivity contribution in [2.24, 2.45) is 0 Å². The number of hydrogen-bond acceptors (Lipinski definition) is 2. The van der Waals surface area contributed by atoms with Crippen molar-refractivity contribution in [1.82, 2.24) is 0 Å². The van der Waals surface area contributed by atoms with Gasteiger partial charge >= 0.3 is 5.97 Å². The molecule has 0 aromatic heterocycles. The number of benzene rings is 4. The molecule has 6 rings (SSSR count). The number of esters is 1. The molecule has 0 saturated carbocycles. The maximum Gasteiger partial charge on any atom is 0.333 e. The number of ether oxygens (including phenoxy) is 1. The van der Waals surface area contributed by atoms with Crippen LogP contribution in [0.4, 0.5) is 0 Å². The molecule has 2 heteroatoms. The maximum atomic E-state index is 11.8. The fourth-order valence-electron chi connectivity index (χ4n) is 6.39. The Morgan fingerprint density at radius 1 is 0.684 bits per heavy atom. The fraction of sp³-hybridized carbons (Fsp3) is 0.250. The minimum Gasteiger partial charge on any atom is -0.462 e. The van der Waals surface area contributed by atoms with Crippen LogP contribution in [0.25, 0.3) is 33.4 Å². The van der Waals surface area contributed by atoms with E-state index >= 15 is 0 Å². The molecule has 4 aromatic carbocycles. The molecule has 0 atom stereocenters. The minimum atomic E-state index is -0.328. The predicted molar refractivity (Wildman–Crippen MR) is 156 cm³/mol. The molecule has 0 radical (unpaired) electrons. The van der Waals surface area contributed by atoms with Gasteiger partial charge in [0.25, 0.3) is 0 Å². The number of carbonyl (C=O) groups excluding carboxylic acids is 1. The van der Waals surface area contributed by atoms with Crippen molar-refractivity contribution < 1.29 is 9.53 Å². The first-order valence-corrected chi connectivity index (χ1v) is 13.4. The highest BCUT2D eigenvalue weighted by Crippen LogP contribution is 2.52. The fourth-order valence-corrected chi connectivity index (χ4v) is 6.39. The molecule has 2 aliphatic rings. The Bertz CT molecular complexity index is 1630. The highest BCUT2D eigenvalue weighted by molar-refractivity contribution is 5.87. The number of rotatable bonds is 5. The summed E-state index contributed by atoms with van der Waals surface area (Å²) in [7, 11) is 0. The molecule has 0 fully saturated rings. The summed E-state index contributed by atoms with van der Waals surface area (Å²) in [5.41, 5.74) is 14.8. The summed E-state index contributed by atoms with van der Waals surface area (Å²) >= 11 is 0. The van der Waals surface area contributed by atoms with E-state index in [1.165, 1.54) is 61.2 Å². The first kappa shape index (κ1) is 24.4.